The van der Waals surface area contributed by atoms with Crippen LogP contribution in [-0.4, -0.2) is 42.4 Å². The topological polar surface area (TPSA) is 142 Å². The van der Waals surface area contributed by atoms with E-state index in [1.54, 1.807) is 31.2 Å². The third kappa shape index (κ3) is 4.41. The molecule has 1 saturated carbocycles. The van der Waals surface area contributed by atoms with Crippen LogP contribution in [0.5, 0.6) is 0 Å². The molecule has 0 saturated heterocycles. The fraction of sp³-hybridized carbons (Fsp3) is 0.500. The van der Waals surface area contributed by atoms with Crippen molar-refractivity contribution in [1.82, 2.24) is 19.9 Å². The maximum Gasteiger partial charge on any atom is 0.373 e. The van der Waals surface area contributed by atoms with Crippen molar-refractivity contribution in [3.63, 3.8) is 0 Å². The van der Waals surface area contributed by atoms with Crippen LogP contribution in [0.3, 0.4) is 0 Å². The SMILES string of the molecule is CCOC(P=O)(c1ccc(N(c2ncnc3nc(C(C)C)[nH]c23)C2CCCC2)cc1)P(=O)(O)O. The van der Waals surface area contributed by atoms with E-state index in [0.717, 1.165) is 42.7 Å². The molecule has 2 aromatic heterocycles. The van der Waals surface area contributed by atoms with E-state index in [0.29, 0.717) is 11.5 Å². The molecule has 12 heteroatoms. The van der Waals surface area contributed by atoms with Crippen LogP contribution in [-0.2, 0) is 19.0 Å². The summed E-state index contributed by atoms with van der Waals surface area (Å²) in [6.07, 6.45) is 5.69. The predicted octanol–water partition coefficient (Wildman–Crippen LogP) is 5.17. The number of hydrogen-bond donors (Lipinski definition) is 3. The Bertz CT molecular complexity index is 1210. The van der Waals surface area contributed by atoms with Crippen molar-refractivity contribution in [3.05, 3.63) is 42.0 Å². The minimum absolute atomic E-state index is 0.00672. The Morgan fingerprint density at radius 2 is 1.91 bits per heavy atom. The molecule has 1 fully saturated rings. The maximum absolute atomic E-state index is 12.3. The fourth-order valence-electron chi connectivity index (χ4n) is 4.47. The molecule has 1 aliphatic rings. The lowest BCUT2D eigenvalue weighted by Crippen LogP contribution is -2.30. The number of nitrogens with one attached hydrogen (secondary N) is 1. The number of fused-ring (bicyclic) bond motifs is 1. The lowest BCUT2D eigenvalue weighted by molar-refractivity contribution is 0.0655. The van der Waals surface area contributed by atoms with E-state index in [1.165, 1.54) is 6.33 Å². The van der Waals surface area contributed by atoms with E-state index >= 15 is 0 Å². The molecule has 10 nitrogen and oxygen atoms in total. The van der Waals surface area contributed by atoms with Crippen molar-refractivity contribution in [2.24, 2.45) is 0 Å². The molecular formula is C22H29N5O5P2. The van der Waals surface area contributed by atoms with E-state index in [1.807, 2.05) is 0 Å². The molecule has 34 heavy (non-hydrogen) atoms. The minimum Gasteiger partial charge on any atom is -0.349 e. The first-order valence-corrected chi connectivity index (χ1v) is 13.8. The highest BCUT2D eigenvalue weighted by Gasteiger charge is 2.51. The first-order valence-electron chi connectivity index (χ1n) is 11.4. The highest BCUT2D eigenvalue weighted by Crippen LogP contribution is 2.64. The highest BCUT2D eigenvalue weighted by molar-refractivity contribution is 7.62. The minimum atomic E-state index is -4.90. The molecular weight excluding hydrogens is 476 g/mol. The van der Waals surface area contributed by atoms with Gasteiger partial charge >= 0.3 is 7.60 Å². The van der Waals surface area contributed by atoms with Gasteiger partial charge in [-0.1, -0.05) is 38.8 Å². The summed E-state index contributed by atoms with van der Waals surface area (Å²) in [6.45, 7) is 5.70. The summed E-state index contributed by atoms with van der Waals surface area (Å²) in [5.41, 5.74) is 2.29. The second-order valence-electron chi connectivity index (χ2n) is 8.70. The molecule has 0 amide bonds. The van der Waals surface area contributed by atoms with Crippen molar-refractivity contribution in [2.75, 3.05) is 11.5 Å². The lowest BCUT2D eigenvalue weighted by atomic mass is 10.1. The largest absolute Gasteiger partial charge is 0.373 e. The van der Waals surface area contributed by atoms with Crippen LogP contribution in [0.4, 0.5) is 11.5 Å². The second-order valence-corrected chi connectivity index (χ2v) is 11.6. The number of ether oxygens (including phenoxy) is 1. The zero-order valence-corrected chi connectivity index (χ0v) is 21.2. The highest BCUT2D eigenvalue weighted by atomic mass is 31.2. The van der Waals surface area contributed by atoms with Gasteiger partial charge in [0.2, 0.25) is 8.46 Å². The first-order chi connectivity index (χ1) is 16.2. The van der Waals surface area contributed by atoms with Gasteiger partial charge in [0.05, 0.1) is 0 Å². The molecule has 0 radical (unpaired) electrons. The van der Waals surface area contributed by atoms with Crippen molar-refractivity contribution in [2.45, 2.75) is 63.5 Å². The van der Waals surface area contributed by atoms with Crippen LogP contribution in [0.25, 0.3) is 11.2 Å². The van der Waals surface area contributed by atoms with Crippen molar-refractivity contribution < 1.29 is 23.7 Å². The summed E-state index contributed by atoms with van der Waals surface area (Å²) in [5.74, 6) is 1.74. The van der Waals surface area contributed by atoms with Crippen LogP contribution in [0.1, 0.15) is 63.8 Å². The molecule has 0 bridgehead atoms. The predicted molar refractivity (Wildman–Crippen MR) is 130 cm³/mol. The Labute approximate surface area is 199 Å². The quantitative estimate of drug-likeness (QED) is 0.336. The van der Waals surface area contributed by atoms with Gasteiger partial charge in [-0.2, -0.15) is 0 Å². The Balaban J connectivity index is 1.82. The van der Waals surface area contributed by atoms with Gasteiger partial charge in [-0.3, -0.25) is 9.13 Å². The Morgan fingerprint density at radius 1 is 1.24 bits per heavy atom. The summed E-state index contributed by atoms with van der Waals surface area (Å²) in [7, 11) is -5.70. The van der Waals surface area contributed by atoms with E-state index < -0.39 is 21.1 Å². The Morgan fingerprint density at radius 3 is 2.47 bits per heavy atom. The fourth-order valence-corrected chi connectivity index (χ4v) is 6.11. The average molecular weight is 505 g/mol. The molecule has 1 atom stereocenters. The Kier molecular flexibility index (Phi) is 7.17. The standard InChI is InChI=1S/C22H29N5O5P2/c1-4-32-22(33-28,34(29,30)31)15-9-11-17(12-10-15)27(16-7-5-6-8-16)21-18-20(23-13-24-21)26-19(25-18)14(2)3/h9-14,16H,4-8H2,1-3H3,(H2,29,30,31)(H,23,24,25,26). The number of H-pyrrole nitrogens is 1. The van der Waals surface area contributed by atoms with Gasteiger partial charge < -0.3 is 24.4 Å². The van der Waals surface area contributed by atoms with Crippen LogP contribution in [0.15, 0.2) is 30.6 Å². The number of nitrogens with zero attached hydrogens (tertiary/aromatic N) is 4. The monoisotopic (exact) mass is 505 g/mol. The molecule has 4 rings (SSSR count). The second kappa shape index (κ2) is 9.80. The van der Waals surface area contributed by atoms with Crippen LogP contribution in [0, 0.1) is 0 Å². The molecule has 1 unspecified atom stereocenters. The summed E-state index contributed by atoms with van der Waals surface area (Å²) in [5, 5.41) is -2.24. The van der Waals surface area contributed by atoms with Gasteiger partial charge in [-0.15, -0.1) is 0 Å². The summed E-state index contributed by atoms with van der Waals surface area (Å²) < 4.78 is 29.6. The number of aromatic amines is 1. The molecule has 0 spiro atoms. The zero-order chi connectivity index (χ0) is 24.5. The number of anilines is 2. The van der Waals surface area contributed by atoms with Crippen molar-refractivity contribution >= 4 is 38.7 Å². The first kappa shape index (κ1) is 24.9. The maximum atomic E-state index is 12.3. The molecule has 3 aromatic rings. The average Bonchev–Trinajstić information content (AvgIpc) is 3.48. The van der Waals surface area contributed by atoms with Crippen LogP contribution < -0.4 is 4.90 Å². The third-order valence-corrected chi connectivity index (χ3v) is 8.98. The number of rotatable bonds is 9. The number of aromatic nitrogens is 4. The van der Waals surface area contributed by atoms with Crippen molar-refractivity contribution in [1.29, 1.82) is 0 Å². The third-order valence-electron chi connectivity index (χ3n) is 6.14. The molecule has 2 heterocycles. The van der Waals surface area contributed by atoms with Crippen molar-refractivity contribution in [3.8, 4) is 0 Å². The normalized spacial score (nSPS) is 17.0. The number of benzene rings is 1. The summed E-state index contributed by atoms with van der Waals surface area (Å²) >= 11 is 0. The summed E-state index contributed by atoms with van der Waals surface area (Å²) in [6, 6.07) is 6.83. The smallest absolute Gasteiger partial charge is 0.349 e. The van der Waals surface area contributed by atoms with Gasteiger partial charge in [-0.25, -0.2) is 15.0 Å². The molecule has 182 valence electrons. The Hall–Kier alpha value is -2.22. The molecule has 1 aliphatic carbocycles. The van der Waals surface area contributed by atoms with Gasteiger partial charge in [0.15, 0.2) is 11.5 Å². The zero-order valence-electron chi connectivity index (χ0n) is 19.4. The summed E-state index contributed by atoms with van der Waals surface area (Å²) in [4.78, 5) is 38.9. The van der Waals surface area contributed by atoms with Crippen LogP contribution >= 0.6 is 16.1 Å². The van der Waals surface area contributed by atoms with Gasteiger partial charge in [-0.05, 0) is 31.9 Å². The van der Waals surface area contributed by atoms with Gasteiger partial charge in [0, 0.05) is 29.8 Å². The molecule has 3 N–H and O–H groups in total. The number of hydrogen-bond acceptors (Lipinski definition) is 7. The number of imidazole rings is 1. The van der Waals surface area contributed by atoms with Crippen LogP contribution in [0.2, 0.25) is 0 Å². The van der Waals surface area contributed by atoms with E-state index in [9.17, 15) is 18.9 Å². The van der Waals surface area contributed by atoms with E-state index in [2.05, 4.69) is 38.7 Å². The van der Waals surface area contributed by atoms with E-state index in [-0.39, 0.29) is 24.1 Å². The lowest BCUT2D eigenvalue weighted by Gasteiger charge is -2.32. The molecule has 0 aliphatic heterocycles. The van der Waals surface area contributed by atoms with Gasteiger partial charge in [0.25, 0.3) is 5.08 Å². The van der Waals surface area contributed by atoms with E-state index in [4.69, 9.17) is 4.74 Å². The van der Waals surface area contributed by atoms with Gasteiger partial charge in [0.1, 0.15) is 17.7 Å². The molecule has 1 aromatic carbocycles.